The Morgan fingerprint density at radius 3 is 2.68 bits per heavy atom. The van der Waals surface area contributed by atoms with Gasteiger partial charge in [0.1, 0.15) is 0 Å². The van der Waals surface area contributed by atoms with Crippen molar-refractivity contribution < 1.29 is 0 Å². The van der Waals surface area contributed by atoms with Gasteiger partial charge >= 0.3 is 0 Å². The van der Waals surface area contributed by atoms with Crippen LogP contribution in [0.5, 0.6) is 0 Å². The molecule has 1 heterocycles. The minimum atomic E-state index is 0.596. The van der Waals surface area contributed by atoms with Crippen LogP contribution >= 0.6 is 11.6 Å². The fourth-order valence-corrected chi connectivity index (χ4v) is 2.59. The van der Waals surface area contributed by atoms with Crippen molar-refractivity contribution in [1.29, 1.82) is 0 Å². The number of hydrogen-bond acceptors (Lipinski definition) is 2. The first-order valence-electron chi connectivity index (χ1n) is 6.85. The van der Waals surface area contributed by atoms with E-state index in [1.807, 2.05) is 12.1 Å². The number of anilines is 1. The van der Waals surface area contributed by atoms with Crippen molar-refractivity contribution in [2.45, 2.75) is 34.1 Å². The zero-order valence-corrected chi connectivity index (χ0v) is 12.8. The first-order chi connectivity index (χ1) is 9.02. The van der Waals surface area contributed by atoms with Crippen molar-refractivity contribution >= 4 is 28.2 Å². The van der Waals surface area contributed by atoms with E-state index in [-0.39, 0.29) is 0 Å². The van der Waals surface area contributed by atoms with Crippen LogP contribution in [-0.4, -0.2) is 11.5 Å². The van der Waals surface area contributed by atoms with Gasteiger partial charge in [-0.1, -0.05) is 31.5 Å². The topological polar surface area (TPSA) is 24.9 Å². The lowest BCUT2D eigenvalue weighted by molar-refractivity contribution is 0.637. The Hall–Kier alpha value is -1.28. The molecule has 1 aromatic heterocycles. The fourth-order valence-electron chi connectivity index (χ4n) is 2.34. The van der Waals surface area contributed by atoms with Crippen LogP contribution in [0.2, 0.25) is 5.02 Å². The molecule has 0 unspecified atom stereocenters. The molecule has 2 aromatic rings. The Kier molecular flexibility index (Phi) is 4.31. The van der Waals surface area contributed by atoms with E-state index >= 15 is 0 Å². The van der Waals surface area contributed by atoms with Gasteiger partial charge in [0.2, 0.25) is 0 Å². The standard InChI is InChI=1S/C16H21ClN2/c1-5-18-14-9-12(8-10(2)3)19-16-11(4)6-7-13(17)15(14)16/h6-7,9-10H,5,8H2,1-4H3,(H,18,19). The molecule has 0 atom stereocenters. The lowest BCUT2D eigenvalue weighted by Crippen LogP contribution is -2.04. The molecule has 1 aromatic carbocycles. The molecule has 19 heavy (non-hydrogen) atoms. The van der Waals surface area contributed by atoms with Crippen LogP contribution in [0.25, 0.3) is 10.9 Å². The first kappa shape index (κ1) is 14.1. The van der Waals surface area contributed by atoms with Crippen molar-refractivity contribution in [2.24, 2.45) is 5.92 Å². The lowest BCUT2D eigenvalue weighted by atomic mass is 10.0. The van der Waals surface area contributed by atoms with Crippen LogP contribution in [0.1, 0.15) is 32.0 Å². The van der Waals surface area contributed by atoms with E-state index in [0.717, 1.165) is 40.3 Å². The summed E-state index contributed by atoms with van der Waals surface area (Å²) in [5.74, 6) is 0.596. The molecule has 0 saturated carbocycles. The Bertz CT molecular complexity index is 591. The summed E-state index contributed by atoms with van der Waals surface area (Å²) in [6, 6.07) is 6.12. The molecule has 0 amide bonds. The third-order valence-corrected chi connectivity index (χ3v) is 3.46. The summed E-state index contributed by atoms with van der Waals surface area (Å²) in [7, 11) is 0. The van der Waals surface area contributed by atoms with Gasteiger partial charge in [0.15, 0.2) is 0 Å². The summed E-state index contributed by atoms with van der Waals surface area (Å²) < 4.78 is 0. The molecule has 1 N–H and O–H groups in total. The SMILES string of the molecule is CCNc1cc(CC(C)C)nc2c(C)ccc(Cl)c12. The van der Waals surface area contributed by atoms with Gasteiger partial charge in [-0.25, -0.2) is 0 Å². The highest BCUT2D eigenvalue weighted by atomic mass is 35.5. The smallest absolute Gasteiger partial charge is 0.0770 e. The van der Waals surface area contributed by atoms with Gasteiger partial charge in [0, 0.05) is 23.3 Å². The van der Waals surface area contributed by atoms with Crippen LogP contribution in [0.15, 0.2) is 18.2 Å². The predicted octanol–water partition coefficient (Wildman–Crippen LogP) is 4.83. The highest BCUT2D eigenvalue weighted by Gasteiger charge is 2.11. The molecular weight excluding hydrogens is 256 g/mol. The maximum absolute atomic E-state index is 6.35. The third kappa shape index (κ3) is 3.01. The van der Waals surface area contributed by atoms with Crippen molar-refractivity contribution in [3.05, 3.63) is 34.5 Å². The number of halogens is 1. The fraction of sp³-hybridized carbons (Fsp3) is 0.438. The maximum Gasteiger partial charge on any atom is 0.0770 e. The maximum atomic E-state index is 6.35. The monoisotopic (exact) mass is 276 g/mol. The van der Waals surface area contributed by atoms with Gasteiger partial charge in [-0.05, 0) is 43.9 Å². The van der Waals surface area contributed by atoms with Crippen LogP contribution < -0.4 is 5.32 Å². The van der Waals surface area contributed by atoms with Crippen molar-refractivity contribution in [1.82, 2.24) is 4.98 Å². The molecule has 3 heteroatoms. The quantitative estimate of drug-likeness (QED) is 0.865. The summed E-state index contributed by atoms with van der Waals surface area (Å²) >= 11 is 6.35. The number of fused-ring (bicyclic) bond motifs is 1. The Morgan fingerprint density at radius 2 is 2.05 bits per heavy atom. The van der Waals surface area contributed by atoms with Gasteiger partial charge in [-0.15, -0.1) is 0 Å². The van der Waals surface area contributed by atoms with Crippen molar-refractivity contribution in [3.63, 3.8) is 0 Å². The van der Waals surface area contributed by atoms with E-state index in [0.29, 0.717) is 5.92 Å². The van der Waals surface area contributed by atoms with Crippen LogP contribution in [-0.2, 0) is 6.42 Å². The van der Waals surface area contributed by atoms with E-state index in [2.05, 4.69) is 39.1 Å². The number of hydrogen-bond donors (Lipinski definition) is 1. The molecule has 0 aliphatic heterocycles. The molecule has 0 saturated heterocycles. The second-order valence-electron chi connectivity index (χ2n) is 5.38. The second-order valence-corrected chi connectivity index (χ2v) is 5.78. The van der Waals surface area contributed by atoms with Crippen molar-refractivity contribution in [3.8, 4) is 0 Å². The molecule has 0 fully saturated rings. The summed E-state index contributed by atoms with van der Waals surface area (Å²) in [5, 5.41) is 5.21. The molecule has 2 rings (SSSR count). The van der Waals surface area contributed by atoms with E-state index < -0.39 is 0 Å². The average molecular weight is 277 g/mol. The normalized spacial score (nSPS) is 11.3. The molecule has 102 valence electrons. The summed E-state index contributed by atoms with van der Waals surface area (Å²) in [4.78, 5) is 4.79. The number of nitrogens with zero attached hydrogens (tertiary/aromatic N) is 1. The first-order valence-corrected chi connectivity index (χ1v) is 7.23. The lowest BCUT2D eigenvalue weighted by Gasteiger charge is -2.14. The zero-order chi connectivity index (χ0) is 14.0. The minimum absolute atomic E-state index is 0.596. The average Bonchev–Trinajstić information content (AvgIpc) is 2.33. The van der Waals surface area contributed by atoms with E-state index in [4.69, 9.17) is 16.6 Å². The van der Waals surface area contributed by atoms with Gasteiger partial charge < -0.3 is 5.32 Å². The van der Waals surface area contributed by atoms with Crippen molar-refractivity contribution in [2.75, 3.05) is 11.9 Å². The molecule has 0 bridgehead atoms. The van der Waals surface area contributed by atoms with Crippen LogP contribution in [0.4, 0.5) is 5.69 Å². The van der Waals surface area contributed by atoms with Gasteiger partial charge in [-0.3, -0.25) is 4.98 Å². The van der Waals surface area contributed by atoms with E-state index in [1.54, 1.807) is 0 Å². The molecule has 0 radical (unpaired) electrons. The molecule has 0 spiro atoms. The summed E-state index contributed by atoms with van der Waals surface area (Å²) in [6.07, 6.45) is 0.986. The van der Waals surface area contributed by atoms with Crippen LogP contribution in [0.3, 0.4) is 0 Å². The van der Waals surface area contributed by atoms with Crippen LogP contribution in [0, 0.1) is 12.8 Å². The molecular formula is C16H21ClN2. The highest BCUT2D eigenvalue weighted by Crippen LogP contribution is 2.32. The number of aryl methyl sites for hydroxylation is 1. The second kappa shape index (κ2) is 5.79. The summed E-state index contributed by atoms with van der Waals surface area (Å²) in [6.45, 7) is 9.48. The molecule has 0 aliphatic rings. The number of benzene rings is 1. The van der Waals surface area contributed by atoms with Gasteiger partial charge in [0.05, 0.1) is 10.5 Å². The Balaban J connectivity index is 2.68. The highest BCUT2D eigenvalue weighted by molar-refractivity contribution is 6.36. The minimum Gasteiger partial charge on any atom is -0.385 e. The van der Waals surface area contributed by atoms with E-state index in [1.165, 1.54) is 5.56 Å². The van der Waals surface area contributed by atoms with Gasteiger partial charge in [0.25, 0.3) is 0 Å². The third-order valence-electron chi connectivity index (χ3n) is 3.15. The van der Waals surface area contributed by atoms with E-state index in [9.17, 15) is 0 Å². The predicted molar refractivity (Wildman–Crippen MR) is 84.2 cm³/mol. The summed E-state index contributed by atoms with van der Waals surface area (Å²) in [5.41, 5.74) is 4.41. The van der Waals surface area contributed by atoms with Gasteiger partial charge in [-0.2, -0.15) is 0 Å². The molecule has 0 aliphatic carbocycles. The Morgan fingerprint density at radius 1 is 1.32 bits per heavy atom. The Labute approximate surface area is 120 Å². The zero-order valence-electron chi connectivity index (χ0n) is 12.0. The number of rotatable bonds is 4. The number of aromatic nitrogens is 1. The number of pyridine rings is 1. The molecule has 2 nitrogen and oxygen atoms in total. The number of nitrogens with one attached hydrogen (secondary N) is 1. The largest absolute Gasteiger partial charge is 0.385 e.